The van der Waals surface area contributed by atoms with Gasteiger partial charge in [0.15, 0.2) is 0 Å². The highest BCUT2D eigenvalue weighted by Gasteiger charge is 2.12. The van der Waals surface area contributed by atoms with E-state index in [1.54, 1.807) is 19.4 Å². The second-order valence-electron chi connectivity index (χ2n) is 4.83. The highest BCUT2D eigenvalue weighted by molar-refractivity contribution is 6.32. The highest BCUT2D eigenvalue weighted by Crippen LogP contribution is 2.30. The highest BCUT2D eigenvalue weighted by atomic mass is 35.5. The minimum atomic E-state index is -0.235. The van der Waals surface area contributed by atoms with Gasteiger partial charge in [0.2, 0.25) is 0 Å². The zero-order valence-electron chi connectivity index (χ0n) is 11.6. The van der Waals surface area contributed by atoms with E-state index in [-0.39, 0.29) is 6.04 Å². The van der Waals surface area contributed by atoms with Gasteiger partial charge < -0.3 is 10.5 Å². The van der Waals surface area contributed by atoms with Crippen LogP contribution in [0.15, 0.2) is 54.7 Å². The van der Waals surface area contributed by atoms with Crippen molar-refractivity contribution in [2.45, 2.75) is 6.04 Å². The number of hydrogen-bond donors (Lipinski definition) is 1. The molecule has 0 fully saturated rings. The monoisotopic (exact) mass is 298 g/mol. The second-order valence-corrected chi connectivity index (χ2v) is 5.23. The summed E-state index contributed by atoms with van der Waals surface area (Å²) < 4.78 is 5.24. The number of nitrogens with two attached hydrogens (primary N) is 1. The summed E-state index contributed by atoms with van der Waals surface area (Å²) in [6.07, 6.45) is 1.78. The summed E-state index contributed by atoms with van der Waals surface area (Å²) >= 11 is 6.05. The number of rotatable bonds is 3. The van der Waals surface area contributed by atoms with E-state index in [1.807, 2.05) is 36.4 Å². The molecule has 0 aliphatic rings. The molecule has 0 aliphatic heterocycles. The number of benzene rings is 2. The standard InChI is InChI=1S/C17H15ClN2O/c1-21-16-10-13(4-6-14(16)18)17(19)12-5-7-15-11(9-12)3-2-8-20-15/h2-10,17H,19H2,1H3. The Labute approximate surface area is 128 Å². The summed E-state index contributed by atoms with van der Waals surface area (Å²) in [5.41, 5.74) is 9.31. The molecule has 0 aliphatic carbocycles. The maximum Gasteiger partial charge on any atom is 0.137 e. The van der Waals surface area contributed by atoms with Crippen LogP contribution in [-0.2, 0) is 0 Å². The molecule has 0 radical (unpaired) electrons. The lowest BCUT2D eigenvalue weighted by Gasteiger charge is -2.15. The number of ether oxygens (including phenoxy) is 1. The van der Waals surface area contributed by atoms with Crippen LogP contribution in [0.5, 0.6) is 5.75 Å². The molecule has 2 aromatic carbocycles. The molecular formula is C17H15ClN2O. The molecule has 0 bridgehead atoms. The van der Waals surface area contributed by atoms with E-state index in [9.17, 15) is 0 Å². The van der Waals surface area contributed by atoms with Gasteiger partial charge in [-0.25, -0.2) is 0 Å². The molecule has 1 unspecified atom stereocenters. The Kier molecular flexibility index (Phi) is 3.78. The van der Waals surface area contributed by atoms with Crippen molar-refractivity contribution in [1.82, 2.24) is 4.98 Å². The fraction of sp³-hybridized carbons (Fsp3) is 0.118. The number of fused-ring (bicyclic) bond motifs is 1. The van der Waals surface area contributed by atoms with Crippen LogP contribution in [0.25, 0.3) is 10.9 Å². The van der Waals surface area contributed by atoms with E-state index in [1.165, 1.54) is 0 Å². The van der Waals surface area contributed by atoms with Gasteiger partial charge in [0.1, 0.15) is 5.75 Å². The Bertz CT molecular complexity index is 789. The number of hydrogen-bond acceptors (Lipinski definition) is 3. The number of methoxy groups -OCH3 is 1. The lowest BCUT2D eigenvalue weighted by Crippen LogP contribution is -2.12. The average molecular weight is 299 g/mol. The van der Waals surface area contributed by atoms with E-state index < -0.39 is 0 Å². The van der Waals surface area contributed by atoms with Crippen LogP contribution in [0.4, 0.5) is 0 Å². The van der Waals surface area contributed by atoms with E-state index in [0.717, 1.165) is 22.0 Å². The first-order chi connectivity index (χ1) is 10.2. The molecule has 3 aromatic rings. The van der Waals surface area contributed by atoms with Crippen LogP contribution in [0.1, 0.15) is 17.2 Å². The molecular weight excluding hydrogens is 284 g/mol. The second kappa shape index (κ2) is 5.72. The molecule has 1 aromatic heterocycles. The van der Waals surface area contributed by atoms with Gasteiger partial charge in [0.05, 0.1) is 23.7 Å². The zero-order valence-corrected chi connectivity index (χ0v) is 12.3. The van der Waals surface area contributed by atoms with Gasteiger partial charge in [0.25, 0.3) is 0 Å². The normalized spacial score (nSPS) is 12.3. The fourth-order valence-corrected chi connectivity index (χ4v) is 2.54. The quantitative estimate of drug-likeness (QED) is 0.796. The molecule has 3 nitrogen and oxygen atoms in total. The van der Waals surface area contributed by atoms with Crippen molar-refractivity contribution in [3.63, 3.8) is 0 Å². The van der Waals surface area contributed by atoms with Crippen molar-refractivity contribution in [2.24, 2.45) is 5.73 Å². The molecule has 2 N–H and O–H groups in total. The summed E-state index contributed by atoms with van der Waals surface area (Å²) in [6.45, 7) is 0. The zero-order chi connectivity index (χ0) is 14.8. The minimum absolute atomic E-state index is 0.235. The summed E-state index contributed by atoms with van der Waals surface area (Å²) in [5.74, 6) is 0.632. The Balaban J connectivity index is 2.01. The van der Waals surface area contributed by atoms with Gasteiger partial charge in [-0.3, -0.25) is 4.98 Å². The number of nitrogens with zero attached hydrogens (tertiary/aromatic N) is 1. The van der Waals surface area contributed by atoms with E-state index in [0.29, 0.717) is 10.8 Å². The SMILES string of the molecule is COc1cc(C(N)c2ccc3ncccc3c2)ccc1Cl. The number of pyridine rings is 1. The first kappa shape index (κ1) is 13.9. The molecule has 4 heteroatoms. The third-order valence-corrected chi connectivity index (χ3v) is 3.83. The number of halogens is 1. The Morgan fingerprint density at radius 3 is 2.67 bits per heavy atom. The van der Waals surface area contributed by atoms with Crippen molar-refractivity contribution in [1.29, 1.82) is 0 Å². The number of aromatic nitrogens is 1. The van der Waals surface area contributed by atoms with Crippen LogP contribution in [0, 0.1) is 0 Å². The van der Waals surface area contributed by atoms with E-state index in [4.69, 9.17) is 22.1 Å². The van der Waals surface area contributed by atoms with Gasteiger partial charge in [-0.05, 0) is 41.5 Å². The van der Waals surface area contributed by atoms with Gasteiger partial charge in [-0.2, -0.15) is 0 Å². The average Bonchev–Trinajstić information content (AvgIpc) is 2.54. The molecule has 3 rings (SSSR count). The smallest absolute Gasteiger partial charge is 0.137 e. The molecule has 0 saturated carbocycles. The summed E-state index contributed by atoms with van der Waals surface area (Å²) in [6, 6.07) is 15.4. The topological polar surface area (TPSA) is 48.1 Å². The summed E-state index contributed by atoms with van der Waals surface area (Å²) in [5, 5.41) is 1.66. The van der Waals surface area contributed by atoms with Gasteiger partial charge >= 0.3 is 0 Å². The first-order valence-corrected chi connectivity index (χ1v) is 7.00. The molecule has 21 heavy (non-hydrogen) atoms. The van der Waals surface area contributed by atoms with Crippen molar-refractivity contribution >= 4 is 22.5 Å². The lowest BCUT2D eigenvalue weighted by molar-refractivity contribution is 0.414. The molecule has 1 heterocycles. The van der Waals surface area contributed by atoms with Gasteiger partial charge in [-0.1, -0.05) is 29.8 Å². The molecule has 0 amide bonds. The molecule has 106 valence electrons. The maximum absolute atomic E-state index is 6.36. The van der Waals surface area contributed by atoms with Crippen LogP contribution in [-0.4, -0.2) is 12.1 Å². The van der Waals surface area contributed by atoms with Crippen LogP contribution in [0.2, 0.25) is 5.02 Å². The van der Waals surface area contributed by atoms with Crippen molar-refractivity contribution in [3.8, 4) is 5.75 Å². The lowest BCUT2D eigenvalue weighted by atomic mass is 9.98. The largest absolute Gasteiger partial charge is 0.495 e. The van der Waals surface area contributed by atoms with Crippen LogP contribution < -0.4 is 10.5 Å². The summed E-state index contributed by atoms with van der Waals surface area (Å²) in [7, 11) is 1.60. The molecule has 0 spiro atoms. The Hall–Kier alpha value is -2.10. The van der Waals surface area contributed by atoms with E-state index >= 15 is 0 Å². The van der Waals surface area contributed by atoms with Crippen LogP contribution >= 0.6 is 11.6 Å². The predicted molar refractivity (Wildman–Crippen MR) is 85.8 cm³/mol. The maximum atomic E-state index is 6.36. The first-order valence-electron chi connectivity index (χ1n) is 6.63. The van der Waals surface area contributed by atoms with Crippen molar-refractivity contribution in [3.05, 3.63) is 70.9 Å². The van der Waals surface area contributed by atoms with Gasteiger partial charge in [0, 0.05) is 11.6 Å². The minimum Gasteiger partial charge on any atom is -0.495 e. The van der Waals surface area contributed by atoms with E-state index in [2.05, 4.69) is 11.1 Å². The third-order valence-electron chi connectivity index (χ3n) is 3.52. The Morgan fingerprint density at radius 1 is 1.10 bits per heavy atom. The van der Waals surface area contributed by atoms with Crippen LogP contribution in [0.3, 0.4) is 0 Å². The van der Waals surface area contributed by atoms with Crippen molar-refractivity contribution < 1.29 is 4.74 Å². The molecule has 1 atom stereocenters. The van der Waals surface area contributed by atoms with Crippen molar-refractivity contribution in [2.75, 3.05) is 7.11 Å². The molecule has 0 saturated heterocycles. The van der Waals surface area contributed by atoms with Gasteiger partial charge in [-0.15, -0.1) is 0 Å². The predicted octanol–water partition coefficient (Wildman–Crippen LogP) is 3.94. The fourth-order valence-electron chi connectivity index (χ4n) is 2.35. The summed E-state index contributed by atoms with van der Waals surface area (Å²) in [4.78, 5) is 4.32. The Morgan fingerprint density at radius 2 is 1.86 bits per heavy atom. The third kappa shape index (κ3) is 2.71.